The minimum atomic E-state index is 0.173. The summed E-state index contributed by atoms with van der Waals surface area (Å²) in [4.78, 5) is 13.6. The van der Waals surface area contributed by atoms with E-state index >= 15 is 0 Å². The molecule has 0 aromatic rings. The van der Waals surface area contributed by atoms with E-state index in [0.29, 0.717) is 19.2 Å². The summed E-state index contributed by atoms with van der Waals surface area (Å²) in [5.41, 5.74) is 0. The first-order chi connectivity index (χ1) is 7.27. The molecule has 0 unspecified atom stereocenters. The van der Waals surface area contributed by atoms with Crippen LogP contribution in [0.2, 0.25) is 0 Å². The standard InChI is InChI=1S/C11H20N2O2/c1-3-6-12-9-11(14)13-7-4-10(15-2)5-8-13/h3,10,12H,1,4-9H2,2H3. The Kier molecular flexibility index (Phi) is 5.36. The van der Waals surface area contributed by atoms with Gasteiger partial charge in [0, 0.05) is 26.7 Å². The zero-order chi connectivity index (χ0) is 11.1. The third-order valence-corrected chi connectivity index (χ3v) is 2.69. The first-order valence-electron chi connectivity index (χ1n) is 5.40. The van der Waals surface area contributed by atoms with Gasteiger partial charge < -0.3 is 15.0 Å². The van der Waals surface area contributed by atoms with Crippen LogP contribution in [0.3, 0.4) is 0 Å². The summed E-state index contributed by atoms with van der Waals surface area (Å²) in [6, 6.07) is 0. The van der Waals surface area contributed by atoms with Gasteiger partial charge in [0.05, 0.1) is 12.6 Å². The number of rotatable bonds is 5. The van der Waals surface area contributed by atoms with Gasteiger partial charge >= 0.3 is 0 Å². The number of likely N-dealkylation sites (tertiary alicyclic amines) is 1. The number of carbonyl (C=O) groups is 1. The van der Waals surface area contributed by atoms with Crippen molar-refractivity contribution in [2.24, 2.45) is 0 Å². The van der Waals surface area contributed by atoms with Gasteiger partial charge in [-0.2, -0.15) is 0 Å². The zero-order valence-corrected chi connectivity index (χ0v) is 9.37. The number of methoxy groups -OCH3 is 1. The van der Waals surface area contributed by atoms with Crippen molar-refractivity contribution in [1.29, 1.82) is 0 Å². The van der Waals surface area contributed by atoms with Crippen molar-refractivity contribution in [1.82, 2.24) is 10.2 Å². The molecule has 15 heavy (non-hydrogen) atoms. The number of ether oxygens (including phenoxy) is 1. The molecule has 1 heterocycles. The van der Waals surface area contributed by atoms with Gasteiger partial charge in [-0.1, -0.05) is 6.08 Å². The molecule has 0 aromatic heterocycles. The normalized spacial score (nSPS) is 17.8. The molecule has 0 atom stereocenters. The number of nitrogens with zero attached hydrogens (tertiary/aromatic N) is 1. The predicted octanol–water partition coefficient (Wildman–Crippen LogP) is 0.399. The minimum Gasteiger partial charge on any atom is -0.381 e. The van der Waals surface area contributed by atoms with Gasteiger partial charge in [0.25, 0.3) is 0 Å². The Balaban J connectivity index is 2.20. The van der Waals surface area contributed by atoms with E-state index in [1.54, 1.807) is 13.2 Å². The van der Waals surface area contributed by atoms with Gasteiger partial charge in [0.2, 0.25) is 5.91 Å². The summed E-state index contributed by atoms with van der Waals surface area (Å²) in [6.07, 6.45) is 3.98. The van der Waals surface area contributed by atoms with E-state index in [0.717, 1.165) is 25.9 Å². The molecular formula is C11H20N2O2. The molecule has 1 amide bonds. The van der Waals surface area contributed by atoms with E-state index in [4.69, 9.17) is 4.74 Å². The maximum absolute atomic E-state index is 11.7. The first-order valence-corrected chi connectivity index (χ1v) is 5.40. The lowest BCUT2D eigenvalue weighted by Crippen LogP contribution is -2.44. The Morgan fingerprint density at radius 3 is 2.80 bits per heavy atom. The lowest BCUT2D eigenvalue weighted by molar-refractivity contribution is -0.132. The third kappa shape index (κ3) is 4.01. The number of carbonyl (C=O) groups excluding carboxylic acids is 1. The van der Waals surface area contributed by atoms with Crippen LogP contribution in [0, 0.1) is 0 Å². The molecule has 4 heteroatoms. The van der Waals surface area contributed by atoms with Crippen LogP contribution < -0.4 is 5.32 Å². The highest BCUT2D eigenvalue weighted by molar-refractivity contribution is 5.78. The van der Waals surface area contributed by atoms with Crippen LogP contribution in [-0.4, -0.2) is 50.2 Å². The Bertz CT molecular complexity index is 211. The number of hydrogen-bond acceptors (Lipinski definition) is 3. The molecule has 86 valence electrons. The van der Waals surface area contributed by atoms with Gasteiger partial charge in [0.1, 0.15) is 0 Å². The van der Waals surface area contributed by atoms with Crippen LogP contribution in [0.15, 0.2) is 12.7 Å². The molecule has 1 aliphatic rings. The summed E-state index contributed by atoms with van der Waals surface area (Å²) >= 11 is 0. The largest absolute Gasteiger partial charge is 0.381 e. The quantitative estimate of drug-likeness (QED) is 0.530. The van der Waals surface area contributed by atoms with Crippen LogP contribution >= 0.6 is 0 Å². The smallest absolute Gasteiger partial charge is 0.236 e. The van der Waals surface area contributed by atoms with Gasteiger partial charge in [-0.15, -0.1) is 6.58 Å². The second kappa shape index (κ2) is 6.58. The summed E-state index contributed by atoms with van der Waals surface area (Å²) < 4.78 is 5.25. The molecule has 0 aliphatic carbocycles. The average Bonchev–Trinajstić information content (AvgIpc) is 2.29. The number of nitrogens with one attached hydrogen (secondary N) is 1. The second-order valence-electron chi connectivity index (χ2n) is 3.74. The van der Waals surface area contributed by atoms with Crippen molar-refractivity contribution in [3.63, 3.8) is 0 Å². The third-order valence-electron chi connectivity index (χ3n) is 2.69. The SMILES string of the molecule is C=CCNCC(=O)N1CCC(OC)CC1. The summed E-state index contributed by atoms with van der Waals surface area (Å²) in [5.74, 6) is 0.173. The van der Waals surface area contributed by atoms with Crippen LogP contribution in [0.4, 0.5) is 0 Å². The number of amides is 1. The van der Waals surface area contributed by atoms with Gasteiger partial charge in [-0.3, -0.25) is 4.79 Å². The highest BCUT2D eigenvalue weighted by atomic mass is 16.5. The van der Waals surface area contributed by atoms with Crippen LogP contribution in [0.1, 0.15) is 12.8 Å². The average molecular weight is 212 g/mol. The summed E-state index contributed by atoms with van der Waals surface area (Å²) in [7, 11) is 1.73. The Labute approximate surface area is 91.3 Å². The van der Waals surface area contributed by atoms with E-state index in [1.165, 1.54) is 0 Å². The topological polar surface area (TPSA) is 41.6 Å². The molecule has 0 radical (unpaired) electrons. The second-order valence-corrected chi connectivity index (χ2v) is 3.74. The van der Waals surface area contributed by atoms with Crippen molar-refractivity contribution in [2.45, 2.75) is 18.9 Å². The van der Waals surface area contributed by atoms with Crippen LogP contribution in [0.5, 0.6) is 0 Å². The van der Waals surface area contributed by atoms with E-state index < -0.39 is 0 Å². The molecule has 0 aromatic carbocycles. The molecule has 0 spiro atoms. The van der Waals surface area contributed by atoms with Gasteiger partial charge in [-0.25, -0.2) is 0 Å². The highest BCUT2D eigenvalue weighted by Crippen LogP contribution is 2.12. The monoisotopic (exact) mass is 212 g/mol. The molecule has 0 saturated carbocycles. The fraction of sp³-hybridized carbons (Fsp3) is 0.727. The number of hydrogen-bond donors (Lipinski definition) is 1. The fourth-order valence-electron chi connectivity index (χ4n) is 1.73. The molecule has 1 fully saturated rings. The lowest BCUT2D eigenvalue weighted by Gasteiger charge is -2.31. The van der Waals surface area contributed by atoms with Gasteiger partial charge in [-0.05, 0) is 12.8 Å². The summed E-state index contributed by atoms with van der Waals surface area (Å²) in [5, 5.41) is 3.02. The van der Waals surface area contributed by atoms with Crippen LogP contribution in [0.25, 0.3) is 0 Å². The maximum atomic E-state index is 11.7. The maximum Gasteiger partial charge on any atom is 0.236 e. The van der Waals surface area contributed by atoms with Crippen LogP contribution in [-0.2, 0) is 9.53 Å². The molecule has 1 rings (SSSR count). The van der Waals surface area contributed by atoms with Gasteiger partial charge in [0.15, 0.2) is 0 Å². The highest BCUT2D eigenvalue weighted by Gasteiger charge is 2.21. The summed E-state index contributed by atoms with van der Waals surface area (Å²) in [6.45, 7) is 6.30. The van der Waals surface area contributed by atoms with E-state index in [2.05, 4.69) is 11.9 Å². The van der Waals surface area contributed by atoms with Crippen molar-refractivity contribution >= 4 is 5.91 Å². The van der Waals surface area contributed by atoms with Crippen molar-refractivity contribution in [3.8, 4) is 0 Å². The van der Waals surface area contributed by atoms with Crippen molar-refractivity contribution in [2.75, 3.05) is 33.3 Å². The zero-order valence-electron chi connectivity index (χ0n) is 9.37. The first kappa shape index (κ1) is 12.2. The predicted molar refractivity (Wildman–Crippen MR) is 59.7 cm³/mol. The number of piperidine rings is 1. The fourth-order valence-corrected chi connectivity index (χ4v) is 1.73. The Morgan fingerprint density at radius 1 is 1.60 bits per heavy atom. The minimum absolute atomic E-state index is 0.173. The molecule has 1 N–H and O–H groups in total. The van der Waals surface area contributed by atoms with E-state index in [-0.39, 0.29) is 5.91 Å². The molecule has 4 nitrogen and oxygen atoms in total. The Morgan fingerprint density at radius 2 is 2.27 bits per heavy atom. The molecule has 1 saturated heterocycles. The lowest BCUT2D eigenvalue weighted by atomic mass is 10.1. The van der Waals surface area contributed by atoms with Crippen molar-refractivity contribution < 1.29 is 9.53 Å². The van der Waals surface area contributed by atoms with Crippen molar-refractivity contribution in [3.05, 3.63) is 12.7 Å². The molecular weight excluding hydrogens is 192 g/mol. The molecule has 0 bridgehead atoms. The van der Waals surface area contributed by atoms with E-state index in [1.807, 2.05) is 4.90 Å². The molecule has 1 aliphatic heterocycles. The van der Waals surface area contributed by atoms with E-state index in [9.17, 15) is 4.79 Å². The Hall–Kier alpha value is -0.870.